The first-order valence-electron chi connectivity index (χ1n) is 9.29. The van der Waals surface area contributed by atoms with Gasteiger partial charge in [-0.05, 0) is 37.3 Å². The van der Waals surface area contributed by atoms with E-state index in [1.54, 1.807) is 42.5 Å². The number of para-hydroxylation sites is 1. The summed E-state index contributed by atoms with van der Waals surface area (Å²) in [6.07, 6.45) is 1.25. The monoisotopic (exact) mass is 407 g/mol. The van der Waals surface area contributed by atoms with Crippen molar-refractivity contribution in [2.75, 3.05) is 19.0 Å². The van der Waals surface area contributed by atoms with Crippen molar-refractivity contribution in [2.24, 2.45) is 0 Å². The van der Waals surface area contributed by atoms with E-state index in [0.29, 0.717) is 27.8 Å². The molecule has 0 aliphatic carbocycles. The normalized spacial score (nSPS) is 9.11. The summed E-state index contributed by atoms with van der Waals surface area (Å²) in [7, 11) is 1.47. The first-order valence-corrected chi connectivity index (χ1v) is 9.66. The number of benzene rings is 2. The van der Waals surface area contributed by atoms with Gasteiger partial charge < -0.3 is 14.8 Å². The molecule has 0 saturated heterocycles. The predicted octanol–water partition coefficient (Wildman–Crippen LogP) is 6.01. The summed E-state index contributed by atoms with van der Waals surface area (Å²) in [5.74, 6) is 0.397. The molecular formula is C22H30ClNO4. The number of hydrogen-bond acceptors (Lipinski definition) is 4. The highest BCUT2D eigenvalue weighted by molar-refractivity contribution is 6.32. The second-order valence-corrected chi connectivity index (χ2v) is 5.85. The van der Waals surface area contributed by atoms with E-state index in [-0.39, 0.29) is 18.3 Å². The molecule has 0 aliphatic rings. The van der Waals surface area contributed by atoms with Crippen molar-refractivity contribution in [2.45, 2.75) is 41.0 Å². The molecule has 0 radical (unpaired) electrons. The van der Waals surface area contributed by atoms with Gasteiger partial charge in [-0.15, -0.1) is 0 Å². The molecule has 5 nitrogen and oxygen atoms in total. The quantitative estimate of drug-likeness (QED) is 0.595. The van der Waals surface area contributed by atoms with Crippen molar-refractivity contribution in [1.82, 2.24) is 0 Å². The fourth-order valence-electron chi connectivity index (χ4n) is 1.90. The molecule has 0 saturated carbocycles. The van der Waals surface area contributed by atoms with Crippen molar-refractivity contribution >= 4 is 29.0 Å². The number of nitrogens with one attached hydrogen (secondary N) is 1. The molecule has 0 heterocycles. The van der Waals surface area contributed by atoms with E-state index in [0.717, 1.165) is 0 Å². The zero-order valence-electron chi connectivity index (χ0n) is 17.5. The van der Waals surface area contributed by atoms with Crippen molar-refractivity contribution in [3.8, 4) is 11.5 Å². The zero-order valence-corrected chi connectivity index (χ0v) is 18.2. The molecule has 2 aromatic rings. The van der Waals surface area contributed by atoms with E-state index < -0.39 is 0 Å². The number of amides is 1. The summed E-state index contributed by atoms with van der Waals surface area (Å²) in [5.41, 5.74) is 0.970. The van der Waals surface area contributed by atoms with E-state index in [1.165, 1.54) is 20.5 Å². The van der Waals surface area contributed by atoms with Crippen molar-refractivity contribution < 1.29 is 19.1 Å². The second-order valence-electron chi connectivity index (χ2n) is 5.45. The highest BCUT2D eigenvalue weighted by atomic mass is 35.5. The summed E-state index contributed by atoms with van der Waals surface area (Å²) in [6.45, 7) is 9.52. The Bertz CT molecular complexity index is 747. The van der Waals surface area contributed by atoms with Crippen LogP contribution in [0.5, 0.6) is 11.5 Å². The number of ketones is 1. The van der Waals surface area contributed by atoms with Gasteiger partial charge in [0.1, 0.15) is 11.5 Å². The molecule has 0 aromatic heterocycles. The first kappa shape index (κ1) is 25.5. The summed E-state index contributed by atoms with van der Waals surface area (Å²) in [6, 6.07) is 11.7. The van der Waals surface area contributed by atoms with Crippen LogP contribution in [0.25, 0.3) is 0 Å². The van der Waals surface area contributed by atoms with Crippen molar-refractivity contribution in [3.05, 3.63) is 53.1 Å². The van der Waals surface area contributed by atoms with E-state index in [9.17, 15) is 9.59 Å². The molecule has 0 atom stereocenters. The minimum absolute atomic E-state index is 0.0803. The lowest BCUT2D eigenvalue weighted by Gasteiger charge is -2.12. The Hall–Kier alpha value is -2.53. The molecule has 0 aliphatic heterocycles. The number of rotatable bonds is 6. The van der Waals surface area contributed by atoms with Crippen molar-refractivity contribution in [1.29, 1.82) is 0 Å². The number of Topliss-reactive ketones (excluding diaryl/α,β-unsaturated/α-hetero) is 1. The van der Waals surface area contributed by atoms with Crippen LogP contribution in [0, 0.1) is 0 Å². The SMILES string of the molecule is CC.CCC.COc1cc(C(C)=O)ccc1NC(=O)COc1ccccc1Cl. The van der Waals surface area contributed by atoms with E-state index in [1.807, 2.05) is 13.8 Å². The maximum atomic E-state index is 12.0. The molecular weight excluding hydrogens is 378 g/mol. The minimum atomic E-state index is -0.362. The van der Waals surface area contributed by atoms with Crippen LogP contribution in [0.2, 0.25) is 5.02 Å². The smallest absolute Gasteiger partial charge is 0.262 e. The van der Waals surface area contributed by atoms with Gasteiger partial charge in [0, 0.05) is 5.56 Å². The highest BCUT2D eigenvalue weighted by Gasteiger charge is 2.11. The van der Waals surface area contributed by atoms with E-state index >= 15 is 0 Å². The molecule has 0 fully saturated rings. The minimum Gasteiger partial charge on any atom is -0.495 e. The lowest BCUT2D eigenvalue weighted by molar-refractivity contribution is -0.118. The topological polar surface area (TPSA) is 64.6 Å². The fraction of sp³-hybridized carbons (Fsp3) is 0.364. The van der Waals surface area contributed by atoms with Crippen LogP contribution in [0.15, 0.2) is 42.5 Å². The lowest BCUT2D eigenvalue weighted by atomic mass is 10.1. The van der Waals surface area contributed by atoms with Crippen LogP contribution in [-0.2, 0) is 4.79 Å². The molecule has 1 N–H and O–H groups in total. The Labute approximate surface area is 173 Å². The Balaban J connectivity index is 0.00000133. The molecule has 154 valence electrons. The van der Waals surface area contributed by atoms with Gasteiger partial charge in [-0.1, -0.05) is 57.8 Å². The Morgan fingerprint density at radius 3 is 2.18 bits per heavy atom. The maximum Gasteiger partial charge on any atom is 0.262 e. The maximum absolute atomic E-state index is 12.0. The first-order chi connectivity index (χ1) is 13.4. The highest BCUT2D eigenvalue weighted by Crippen LogP contribution is 2.26. The zero-order chi connectivity index (χ0) is 21.5. The molecule has 0 spiro atoms. The van der Waals surface area contributed by atoms with Crippen LogP contribution in [0.1, 0.15) is 51.4 Å². The number of halogens is 1. The van der Waals surface area contributed by atoms with Gasteiger partial charge >= 0.3 is 0 Å². The molecule has 1 amide bonds. The third kappa shape index (κ3) is 8.91. The van der Waals surface area contributed by atoms with Crippen molar-refractivity contribution in [3.63, 3.8) is 0 Å². The summed E-state index contributed by atoms with van der Waals surface area (Å²) < 4.78 is 10.6. The van der Waals surface area contributed by atoms with Gasteiger partial charge in [-0.2, -0.15) is 0 Å². The predicted molar refractivity (Wildman–Crippen MR) is 116 cm³/mol. The van der Waals surface area contributed by atoms with Crippen LogP contribution in [-0.4, -0.2) is 25.4 Å². The lowest BCUT2D eigenvalue weighted by Crippen LogP contribution is -2.20. The largest absolute Gasteiger partial charge is 0.495 e. The van der Waals surface area contributed by atoms with Gasteiger partial charge in [0.15, 0.2) is 12.4 Å². The number of anilines is 1. The number of carbonyl (C=O) groups excluding carboxylic acids is 2. The Kier molecular flexibility index (Phi) is 13.2. The second kappa shape index (κ2) is 14.5. The molecule has 2 aromatic carbocycles. The average Bonchev–Trinajstić information content (AvgIpc) is 2.69. The fourth-order valence-corrected chi connectivity index (χ4v) is 2.10. The van der Waals surface area contributed by atoms with Gasteiger partial charge in [0.2, 0.25) is 0 Å². The Morgan fingerprint density at radius 1 is 1.04 bits per heavy atom. The van der Waals surface area contributed by atoms with Crippen LogP contribution in [0.4, 0.5) is 5.69 Å². The van der Waals surface area contributed by atoms with Gasteiger partial charge in [0.25, 0.3) is 5.91 Å². The molecule has 2 rings (SSSR count). The summed E-state index contributed by atoms with van der Waals surface area (Å²) >= 11 is 5.95. The number of carbonyl (C=O) groups is 2. The van der Waals surface area contributed by atoms with Crippen LogP contribution >= 0.6 is 11.6 Å². The number of hydrogen-bond donors (Lipinski definition) is 1. The van der Waals surface area contributed by atoms with Crippen LogP contribution in [0.3, 0.4) is 0 Å². The summed E-state index contributed by atoms with van der Waals surface area (Å²) in [4.78, 5) is 23.3. The molecule has 6 heteroatoms. The third-order valence-corrected chi connectivity index (χ3v) is 3.39. The molecule has 0 bridgehead atoms. The van der Waals surface area contributed by atoms with Gasteiger partial charge in [0.05, 0.1) is 17.8 Å². The van der Waals surface area contributed by atoms with E-state index in [4.69, 9.17) is 21.1 Å². The van der Waals surface area contributed by atoms with Gasteiger partial charge in [-0.25, -0.2) is 0 Å². The number of ether oxygens (including phenoxy) is 2. The standard InChI is InChI=1S/C17H16ClNO4.C3H8.C2H6/c1-11(20)12-7-8-14(16(9-12)22-2)19-17(21)10-23-15-6-4-3-5-13(15)18;1-3-2;1-2/h3-9H,10H2,1-2H3,(H,19,21);3H2,1-2H3;1-2H3. The third-order valence-electron chi connectivity index (χ3n) is 3.08. The number of methoxy groups -OCH3 is 1. The van der Waals surface area contributed by atoms with E-state index in [2.05, 4.69) is 19.2 Å². The molecule has 28 heavy (non-hydrogen) atoms. The Morgan fingerprint density at radius 2 is 1.64 bits per heavy atom. The summed E-state index contributed by atoms with van der Waals surface area (Å²) in [5, 5.41) is 3.11. The van der Waals surface area contributed by atoms with Gasteiger partial charge in [-0.3, -0.25) is 9.59 Å². The molecule has 0 unspecified atom stereocenters. The average molecular weight is 408 g/mol. The van der Waals surface area contributed by atoms with Crippen LogP contribution < -0.4 is 14.8 Å².